The Morgan fingerprint density at radius 2 is 1.79 bits per heavy atom. The van der Waals surface area contributed by atoms with E-state index in [4.69, 9.17) is 22.3 Å². The van der Waals surface area contributed by atoms with Gasteiger partial charge in [0.1, 0.15) is 5.82 Å². The van der Waals surface area contributed by atoms with Crippen LogP contribution in [0.25, 0.3) is 11.3 Å². The Labute approximate surface area is 177 Å². The van der Waals surface area contributed by atoms with E-state index in [0.717, 1.165) is 48.6 Å². The van der Waals surface area contributed by atoms with Gasteiger partial charge in [-0.15, -0.1) is 0 Å². The zero-order chi connectivity index (χ0) is 20.1. The van der Waals surface area contributed by atoms with Crippen LogP contribution in [0.2, 0.25) is 5.02 Å². The summed E-state index contributed by atoms with van der Waals surface area (Å²) < 4.78 is 0. The first kappa shape index (κ1) is 19.9. The molecule has 0 unspecified atom stereocenters. The Balaban J connectivity index is 1.48. The summed E-state index contributed by atoms with van der Waals surface area (Å²) in [7, 11) is 0. The summed E-state index contributed by atoms with van der Waals surface area (Å²) in [5, 5.41) is 4.02. The highest BCUT2D eigenvalue weighted by Crippen LogP contribution is 2.30. The van der Waals surface area contributed by atoms with Gasteiger partial charge in [0.05, 0.1) is 10.7 Å². The van der Waals surface area contributed by atoms with Gasteiger partial charge in [0.15, 0.2) is 0 Å². The lowest BCUT2D eigenvalue weighted by Gasteiger charge is -2.25. The van der Waals surface area contributed by atoms with Crippen LogP contribution >= 0.6 is 11.6 Å². The first-order valence-corrected chi connectivity index (χ1v) is 10.7. The molecule has 0 aliphatic heterocycles. The zero-order valence-corrected chi connectivity index (χ0v) is 17.3. The summed E-state index contributed by atoms with van der Waals surface area (Å²) in [6.07, 6.45) is 7.31. The van der Waals surface area contributed by atoms with E-state index in [1.807, 2.05) is 36.4 Å². The molecular weight excluding hydrogens is 380 g/mol. The van der Waals surface area contributed by atoms with Crippen molar-refractivity contribution in [2.75, 3.05) is 5.32 Å². The van der Waals surface area contributed by atoms with Crippen LogP contribution in [0, 0.1) is 5.92 Å². The minimum Gasteiger partial charge on any atom is -0.366 e. The van der Waals surface area contributed by atoms with Crippen LogP contribution in [0.1, 0.15) is 36.9 Å². The average molecular weight is 407 g/mol. The molecule has 0 atom stereocenters. The van der Waals surface area contributed by atoms with E-state index in [0.29, 0.717) is 17.0 Å². The predicted molar refractivity (Wildman–Crippen MR) is 120 cm³/mol. The second kappa shape index (κ2) is 9.38. The smallest absolute Gasteiger partial charge is 0.126 e. The topological polar surface area (TPSA) is 63.8 Å². The van der Waals surface area contributed by atoms with Crippen molar-refractivity contribution >= 4 is 17.4 Å². The summed E-state index contributed by atoms with van der Waals surface area (Å²) in [6.45, 7) is 0.733. The summed E-state index contributed by atoms with van der Waals surface area (Å²) in [6, 6.07) is 18.8. The molecule has 0 radical (unpaired) electrons. The predicted octanol–water partition coefficient (Wildman–Crippen LogP) is 5.47. The maximum Gasteiger partial charge on any atom is 0.126 e. The van der Waals surface area contributed by atoms with Crippen LogP contribution in [0.5, 0.6) is 0 Å². The number of nitrogens with two attached hydrogens (primary N) is 1. The van der Waals surface area contributed by atoms with E-state index in [9.17, 15) is 0 Å². The van der Waals surface area contributed by atoms with Crippen molar-refractivity contribution < 1.29 is 0 Å². The lowest BCUT2D eigenvalue weighted by molar-refractivity contribution is 0.323. The first-order valence-electron chi connectivity index (χ1n) is 10.3. The molecule has 2 aromatic heterocycles. The average Bonchev–Trinajstić information content (AvgIpc) is 2.76. The molecule has 4 rings (SSSR count). The van der Waals surface area contributed by atoms with E-state index >= 15 is 0 Å². The number of nitrogens with one attached hydrogen (secondary N) is 1. The third kappa shape index (κ3) is 5.34. The van der Waals surface area contributed by atoms with Crippen LogP contribution in [0.3, 0.4) is 0 Å². The normalized spacial score (nSPS) is 19.1. The second-order valence-corrected chi connectivity index (χ2v) is 8.29. The summed E-state index contributed by atoms with van der Waals surface area (Å²) in [5.41, 5.74) is 10.1. The minimum absolute atomic E-state index is 0.371. The third-order valence-electron chi connectivity index (χ3n) is 5.64. The lowest BCUT2D eigenvalue weighted by Crippen LogP contribution is -2.27. The van der Waals surface area contributed by atoms with Gasteiger partial charge in [-0.25, -0.2) is 4.98 Å². The van der Waals surface area contributed by atoms with Gasteiger partial charge in [-0.05, 0) is 61.8 Å². The number of hydrogen-bond donors (Lipinski definition) is 2. The Bertz CT molecular complexity index is 937. The van der Waals surface area contributed by atoms with Gasteiger partial charge in [-0.1, -0.05) is 48.0 Å². The van der Waals surface area contributed by atoms with Gasteiger partial charge in [-0.3, -0.25) is 4.98 Å². The van der Waals surface area contributed by atoms with Gasteiger partial charge < -0.3 is 11.1 Å². The molecule has 0 bridgehead atoms. The number of aromatic nitrogens is 2. The third-order valence-corrected chi connectivity index (χ3v) is 5.94. The second-order valence-electron chi connectivity index (χ2n) is 7.89. The maximum atomic E-state index is 6.48. The molecular formula is C24H27ClN4. The maximum absolute atomic E-state index is 6.48. The number of anilines is 1. The fourth-order valence-electron chi connectivity index (χ4n) is 3.95. The minimum atomic E-state index is 0.371. The number of halogens is 1. The van der Waals surface area contributed by atoms with Gasteiger partial charge in [0.2, 0.25) is 0 Å². The summed E-state index contributed by atoms with van der Waals surface area (Å²) in [5.74, 6) is 1.49. The molecule has 1 fully saturated rings. The van der Waals surface area contributed by atoms with Crippen molar-refractivity contribution in [2.24, 2.45) is 11.7 Å². The van der Waals surface area contributed by atoms with Gasteiger partial charge in [0, 0.05) is 30.0 Å². The molecule has 5 heteroatoms. The van der Waals surface area contributed by atoms with E-state index in [-0.39, 0.29) is 0 Å². The van der Waals surface area contributed by atoms with Crippen molar-refractivity contribution in [1.29, 1.82) is 0 Å². The molecule has 0 spiro atoms. The van der Waals surface area contributed by atoms with Crippen molar-refractivity contribution in [2.45, 2.75) is 44.7 Å². The van der Waals surface area contributed by atoms with Crippen molar-refractivity contribution in [3.8, 4) is 11.3 Å². The lowest BCUT2D eigenvalue weighted by atomic mass is 9.83. The first-order chi connectivity index (χ1) is 14.2. The fourth-order valence-corrected chi connectivity index (χ4v) is 4.15. The SMILES string of the molecule is NC1CCC(Cc2cc(-c3cccc(NCc4ccccc4)n3)c(Cl)cn2)CC1. The molecule has 1 saturated carbocycles. The Morgan fingerprint density at radius 3 is 2.59 bits per heavy atom. The molecule has 3 N–H and O–H groups in total. The monoisotopic (exact) mass is 406 g/mol. The number of nitrogens with zero attached hydrogens (tertiary/aromatic N) is 2. The molecule has 150 valence electrons. The van der Waals surface area contributed by atoms with Gasteiger partial charge >= 0.3 is 0 Å². The zero-order valence-electron chi connectivity index (χ0n) is 16.5. The molecule has 4 nitrogen and oxygen atoms in total. The van der Waals surface area contributed by atoms with Gasteiger partial charge in [0.25, 0.3) is 0 Å². The van der Waals surface area contributed by atoms with E-state index < -0.39 is 0 Å². The molecule has 29 heavy (non-hydrogen) atoms. The van der Waals surface area contributed by atoms with E-state index in [1.54, 1.807) is 6.20 Å². The van der Waals surface area contributed by atoms with Crippen molar-refractivity contribution in [3.63, 3.8) is 0 Å². The van der Waals surface area contributed by atoms with Crippen LogP contribution in [-0.2, 0) is 13.0 Å². The summed E-state index contributed by atoms with van der Waals surface area (Å²) in [4.78, 5) is 9.35. The number of rotatable bonds is 6. The van der Waals surface area contributed by atoms with Crippen molar-refractivity contribution in [1.82, 2.24) is 9.97 Å². The molecule has 0 amide bonds. The van der Waals surface area contributed by atoms with Crippen LogP contribution < -0.4 is 11.1 Å². The quantitative estimate of drug-likeness (QED) is 0.569. The van der Waals surface area contributed by atoms with E-state index in [1.165, 1.54) is 18.4 Å². The van der Waals surface area contributed by atoms with Crippen LogP contribution in [-0.4, -0.2) is 16.0 Å². The largest absolute Gasteiger partial charge is 0.366 e. The standard InChI is InChI=1S/C24H27ClN4/c25-22-16-27-20(13-17-9-11-19(26)12-10-17)14-21(22)23-7-4-8-24(29-23)28-15-18-5-2-1-3-6-18/h1-8,14,16-17,19H,9-13,15,26H2,(H,28,29). The molecule has 1 aromatic carbocycles. The number of benzene rings is 1. The Kier molecular flexibility index (Phi) is 6.43. The van der Waals surface area contributed by atoms with Crippen LogP contribution in [0.4, 0.5) is 5.82 Å². The number of pyridine rings is 2. The molecule has 3 aromatic rings. The fraction of sp³-hybridized carbons (Fsp3) is 0.333. The highest BCUT2D eigenvalue weighted by Gasteiger charge is 2.20. The van der Waals surface area contributed by atoms with E-state index in [2.05, 4.69) is 28.5 Å². The Hall–Kier alpha value is -2.43. The highest BCUT2D eigenvalue weighted by atomic mass is 35.5. The molecule has 2 heterocycles. The molecule has 0 saturated heterocycles. The molecule has 1 aliphatic rings. The number of hydrogen-bond acceptors (Lipinski definition) is 4. The Morgan fingerprint density at radius 1 is 1.00 bits per heavy atom. The summed E-state index contributed by atoms with van der Waals surface area (Å²) >= 11 is 6.48. The highest BCUT2D eigenvalue weighted by molar-refractivity contribution is 6.33. The van der Waals surface area contributed by atoms with Gasteiger partial charge in [-0.2, -0.15) is 0 Å². The van der Waals surface area contributed by atoms with Crippen molar-refractivity contribution in [3.05, 3.63) is 77.1 Å². The van der Waals surface area contributed by atoms with Crippen LogP contribution in [0.15, 0.2) is 60.8 Å². The molecule has 1 aliphatic carbocycles.